The Kier molecular flexibility index (Phi) is 4.54. The summed E-state index contributed by atoms with van der Waals surface area (Å²) in [6.45, 7) is 0. The molecule has 0 spiro atoms. The lowest BCUT2D eigenvalue weighted by atomic mass is 9.81. The quantitative estimate of drug-likeness (QED) is 0.375. The van der Waals surface area contributed by atoms with Gasteiger partial charge >= 0.3 is 5.97 Å². The highest BCUT2D eigenvalue weighted by atomic mass is 16.5. The van der Waals surface area contributed by atoms with E-state index in [-0.39, 0.29) is 23.7 Å². The zero-order chi connectivity index (χ0) is 20.7. The normalized spacial score (nSPS) is 21.0. The van der Waals surface area contributed by atoms with Gasteiger partial charge in [0.15, 0.2) is 5.75 Å². The Hall–Kier alpha value is -3.54. The van der Waals surface area contributed by atoms with Crippen LogP contribution in [0.3, 0.4) is 0 Å². The second kappa shape index (κ2) is 7.37. The first-order valence-electron chi connectivity index (χ1n) is 10.2. The van der Waals surface area contributed by atoms with Gasteiger partial charge in [0.25, 0.3) is 0 Å². The van der Waals surface area contributed by atoms with Crippen molar-refractivity contribution in [1.82, 2.24) is 4.98 Å². The predicted molar refractivity (Wildman–Crippen MR) is 111 cm³/mol. The van der Waals surface area contributed by atoms with Gasteiger partial charge in [-0.3, -0.25) is 19.5 Å². The molecule has 2 fully saturated rings. The number of benzene rings is 2. The van der Waals surface area contributed by atoms with Crippen molar-refractivity contribution in [2.45, 2.75) is 25.7 Å². The average Bonchev–Trinajstić information content (AvgIpc) is 3.04. The number of carbonyl (C=O) groups excluding carboxylic acids is 3. The number of aromatic nitrogens is 1. The smallest absolute Gasteiger partial charge is 0.343 e. The molecule has 1 saturated heterocycles. The number of rotatable bonds is 3. The van der Waals surface area contributed by atoms with Crippen LogP contribution in [0, 0.1) is 11.8 Å². The fourth-order valence-electron chi connectivity index (χ4n) is 4.48. The minimum atomic E-state index is -0.521. The largest absolute Gasteiger partial charge is 0.421 e. The summed E-state index contributed by atoms with van der Waals surface area (Å²) >= 11 is 0. The average molecular weight is 400 g/mol. The van der Waals surface area contributed by atoms with Crippen molar-refractivity contribution in [2.75, 3.05) is 4.90 Å². The number of fused-ring (bicyclic) bond motifs is 2. The number of carbonyl (C=O) groups is 3. The van der Waals surface area contributed by atoms with Crippen molar-refractivity contribution < 1.29 is 19.1 Å². The van der Waals surface area contributed by atoms with E-state index in [2.05, 4.69) is 4.98 Å². The summed E-state index contributed by atoms with van der Waals surface area (Å²) in [4.78, 5) is 43.7. The number of para-hydroxylation sites is 1. The number of pyridine rings is 1. The summed E-state index contributed by atoms with van der Waals surface area (Å²) in [5, 5.41) is 0.880. The van der Waals surface area contributed by atoms with Crippen LogP contribution in [-0.2, 0) is 9.59 Å². The summed E-state index contributed by atoms with van der Waals surface area (Å²) in [5.74, 6) is -0.781. The standard InChI is InChI=1S/C24H20N2O4/c27-22-18-7-1-2-8-19(18)23(28)26(22)17-12-10-16(11-13-17)24(29)30-20-9-3-5-15-6-4-14-25-21(15)20/h3-6,9-14,18-19H,1-2,7-8H2/t18-,19-/m1/s1. The highest BCUT2D eigenvalue weighted by Crippen LogP contribution is 2.40. The summed E-state index contributed by atoms with van der Waals surface area (Å²) in [6.07, 6.45) is 5.17. The second-order valence-electron chi connectivity index (χ2n) is 7.78. The van der Waals surface area contributed by atoms with Crippen LogP contribution in [0.5, 0.6) is 5.75 Å². The minimum Gasteiger partial charge on any atom is -0.421 e. The lowest BCUT2D eigenvalue weighted by Crippen LogP contribution is -2.30. The van der Waals surface area contributed by atoms with Crippen LogP contribution in [-0.4, -0.2) is 22.8 Å². The van der Waals surface area contributed by atoms with Gasteiger partial charge in [0.1, 0.15) is 5.52 Å². The van der Waals surface area contributed by atoms with E-state index < -0.39 is 5.97 Å². The lowest BCUT2D eigenvalue weighted by molar-refractivity contribution is -0.122. The van der Waals surface area contributed by atoms with Crippen molar-refractivity contribution >= 4 is 34.4 Å². The number of esters is 1. The van der Waals surface area contributed by atoms with E-state index in [0.29, 0.717) is 22.5 Å². The second-order valence-corrected chi connectivity index (χ2v) is 7.78. The van der Waals surface area contributed by atoms with Gasteiger partial charge in [-0.1, -0.05) is 31.0 Å². The van der Waals surface area contributed by atoms with Crippen LogP contribution in [0.4, 0.5) is 5.69 Å². The first kappa shape index (κ1) is 18.5. The van der Waals surface area contributed by atoms with E-state index in [0.717, 1.165) is 31.1 Å². The van der Waals surface area contributed by atoms with Crippen molar-refractivity contribution in [3.05, 3.63) is 66.4 Å². The van der Waals surface area contributed by atoms with E-state index >= 15 is 0 Å². The van der Waals surface area contributed by atoms with Crippen LogP contribution in [0.25, 0.3) is 10.9 Å². The molecule has 3 aromatic rings. The molecule has 1 saturated carbocycles. The number of hydrogen-bond donors (Lipinski definition) is 0. The van der Waals surface area contributed by atoms with E-state index in [9.17, 15) is 14.4 Å². The van der Waals surface area contributed by atoms with Crippen molar-refractivity contribution in [1.29, 1.82) is 0 Å². The van der Waals surface area contributed by atoms with E-state index in [4.69, 9.17) is 4.74 Å². The molecule has 2 aromatic carbocycles. The monoisotopic (exact) mass is 400 g/mol. The molecule has 30 heavy (non-hydrogen) atoms. The van der Waals surface area contributed by atoms with Gasteiger partial charge in [0.2, 0.25) is 11.8 Å². The number of hydrogen-bond acceptors (Lipinski definition) is 5. The summed E-state index contributed by atoms with van der Waals surface area (Å²) in [5.41, 5.74) is 1.45. The SMILES string of the molecule is O=C(Oc1cccc2cccnc12)c1ccc(N2C(=O)[C@@H]3CCCC[C@H]3C2=O)cc1. The van der Waals surface area contributed by atoms with Gasteiger partial charge in [0, 0.05) is 11.6 Å². The van der Waals surface area contributed by atoms with Gasteiger partial charge < -0.3 is 4.74 Å². The maximum atomic E-state index is 12.7. The first-order valence-corrected chi connectivity index (χ1v) is 10.2. The van der Waals surface area contributed by atoms with Gasteiger partial charge in [-0.05, 0) is 49.2 Å². The number of imide groups is 1. The Morgan fingerprint density at radius 1 is 0.900 bits per heavy atom. The molecule has 0 unspecified atom stereocenters. The van der Waals surface area contributed by atoms with Crippen molar-refractivity contribution in [2.24, 2.45) is 11.8 Å². The molecule has 2 aliphatic rings. The third-order valence-corrected chi connectivity index (χ3v) is 6.00. The van der Waals surface area contributed by atoms with E-state index in [1.807, 2.05) is 18.2 Å². The van der Waals surface area contributed by atoms with Crippen molar-refractivity contribution in [3.63, 3.8) is 0 Å². The Bertz CT molecular complexity index is 1130. The van der Waals surface area contributed by atoms with Crippen LogP contribution < -0.4 is 9.64 Å². The first-order chi connectivity index (χ1) is 14.6. The van der Waals surface area contributed by atoms with Crippen LogP contribution in [0.2, 0.25) is 0 Å². The molecular formula is C24H20N2O4. The summed E-state index contributed by atoms with van der Waals surface area (Å²) in [6, 6.07) is 15.5. The molecule has 0 N–H and O–H groups in total. The number of ether oxygens (including phenoxy) is 1. The highest BCUT2D eigenvalue weighted by Gasteiger charge is 2.48. The molecule has 2 atom stereocenters. The Balaban J connectivity index is 1.36. The van der Waals surface area contributed by atoms with Gasteiger partial charge in [-0.2, -0.15) is 0 Å². The number of amides is 2. The molecule has 1 aliphatic heterocycles. The van der Waals surface area contributed by atoms with Crippen LogP contribution in [0.1, 0.15) is 36.0 Å². The maximum Gasteiger partial charge on any atom is 0.343 e. The topological polar surface area (TPSA) is 76.6 Å². The molecular weight excluding hydrogens is 380 g/mol. The molecule has 150 valence electrons. The molecule has 0 radical (unpaired) electrons. The fourth-order valence-corrected chi connectivity index (χ4v) is 4.48. The van der Waals surface area contributed by atoms with Crippen LogP contribution >= 0.6 is 0 Å². The molecule has 5 rings (SSSR count). The number of anilines is 1. The molecule has 1 aromatic heterocycles. The summed E-state index contributed by atoms with van der Waals surface area (Å²) < 4.78 is 5.55. The molecule has 6 nitrogen and oxygen atoms in total. The lowest BCUT2D eigenvalue weighted by Gasteiger charge is -2.19. The zero-order valence-electron chi connectivity index (χ0n) is 16.3. The van der Waals surface area contributed by atoms with Crippen LogP contribution in [0.15, 0.2) is 60.8 Å². The Labute approximate surface area is 173 Å². The zero-order valence-corrected chi connectivity index (χ0v) is 16.3. The molecule has 1 aliphatic carbocycles. The minimum absolute atomic E-state index is 0.123. The van der Waals surface area contributed by atoms with E-state index in [1.54, 1.807) is 42.6 Å². The Morgan fingerprint density at radius 2 is 1.57 bits per heavy atom. The highest BCUT2D eigenvalue weighted by molar-refractivity contribution is 6.22. The maximum absolute atomic E-state index is 12.7. The van der Waals surface area contributed by atoms with Gasteiger partial charge in [-0.15, -0.1) is 0 Å². The van der Waals surface area contributed by atoms with Gasteiger partial charge in [0.05, 0.1) is 23.1 Å². The van der Waals surface area contributed by atoms with E-state index in [1.165, 1.54) is 4.90 Å². The fraction of sp³-hybridized carbons (Fsp3) is 0.250. The molecule has 2 heterocycles. The molecule has 2 amide bonds. The third kappa shape index (κ3) is 3.05. The molecule has 0 bridgehead atoms. The van der Waals surface area contributed by atoms with Gasteiger partial charge in [-0.25, -0.2) is 4.79 Å². The summed E-state index contributed by atoms with van der Waals surface area (Å²) in [7, 11) is 0. The van der Waals surface area contributed by atoms with Crippen molar-refractivity contribution in [3.8, 4) is 5.75 Å². The third-order valence-electron chi connectivity index (χ3n) is 6.00. The number of nitrogens with zero attached hydrogens (tertiary/aromatic N) is 2. The molecule has 6 heteroatoms. The predicted octanol–water partition coefficient (Wildman–Crippen LogP) is 4.13. The Morgan fingerprint density at radius 3 is 2.27 bits per heavy atom.